The van der Waals surface area contributed by atoms with Crippen molar-refractivity contribution >= 4 is 23.5 Å². The van der Waals surface area contributed by atoms with E-state index in [-0.39, 0.29) is 18.4 Å². The Morgan fingerprint density at radius 2 is 1.97 bits per heavy atom. The number of esters is 1. The Bertz CT molecular complexity index is 1310. The number of rotatable bonds is 4. The normalized spacial score (nSPS) is 19.2. The predicted molar refractivity (Wildman–Crippen MR) is 125 cm³/mol. The van der Waals surface area contributed by atoms with Crippen LogP contribution in [-0.2, 0) is 4.74 Å². The van der Waals surface area contributed by atoms with E-state index in [1.165, 1.54) is 12.4 Å². The lowest BCUT2D eigenvalue weighted by Gasteiger charge is -2.36. The van der Waals surface area contributed by atoms with Gasteiger partial charge in [-0.3, -0.25) is 9.78 Å². The lowest BCUT2D eigenvalue weighted by Crippen LogP contribution is -2.47. The molecule has 1 aromatic carbocycles. The highest BCUT2D eigenvalue weighted by Crippen LogP contribution is 2.33. The highest BCUT2D eigenvalue weighted by molar-refractivity contribution is 6.30. The molecule has 0 aliphatic heterocycles. The van der Waals surface area contributed by atoms with Crippen molar-refractivity contribution in [1.82, 2.24) is 15.3 Å². The lowest BCUT2D eigenvalue weighted by molar-refractivity contribution is -0.0126. The molecule has 178 valence electrons. The van der Waals surface area contributed by atoms with Gasteiger partial charge in [0.1, 0.15) is 5.82 Å². The maximum atomic E-state index is 14.2. The fourth-order valence-corrected chi connectivity index (χ4v) is 4.10. The van der Waals surface area contributed by atoms with Crippen LogP contribution in [0.25, 0.3) is 0 Å². The molecule has 0 bridgehead atoms. The van der Waals surface area contributed by atoms with Crippen LogP contribution in [0.2, 0.25) is 5.02 Å². The zero-order chi connectivity index (χ0) is 24.8. The van der Waals surface area contributed by atoms with E-state index in [1.54, 1.807) is 36.4 Å². The molecule has 1 aliphatic rings. The Balaban J connectivity index is 1.61. The van der Waals surface area contributed by atoms with Gasteiger partial charge >= 0.3 is 5.97 Å². The topological polar surface area (TPSA) is 81.2 Å². The van der Waals surface area contributed by atoms with Gasteiger partial charge in [-0.05, 0) is 55.5 Å². The molecule has 2 atom stereocenters. The average Bonchev–Trinajstić information content (AvgIpc) is 2.83. The third-order valence-corrected chi connectivity index (χ3v) is 5.77. The second-order valence-electron chi connectivity index (χ2n) is 8.13. The van der Waals surface area contributed by atoms with Crippen LogP contribution in [0, 0.1) is 23.5 Å². The van der Waals surface area contributed by atoms with Crippen molar-refractivity contribution in [2.45, 2.75) is 37.3 Å². The van der Waals surface area contributed by atoms with Crippen molar-refractivity contribution < 1.29 is 23.1 Å². The Morgan fingerprint density at radius 1 is 1.17 bits per heavy atom. The molecule has 9 heteroatoms. The van der Waals surface area contributed by atoms with Crippen LogP contribution in [-0.4, -0.2) is 33.5 Å². The van der Waals surface area contributed by atoms with E-state index < -0.39 is 28.9 Å². The highest BCUT2D eigenvalue weighted by Gasteiger charge is 2.40. The largest absolute Gasteiger partial charge is 0.441 e. The van der Waals surface area contributed by atoms with E-state index in [9.17, 15) is 18.4 Å². The van der Waals surface area contributed by atoms with Crippen molar-refractivity contribution in [3.05, 3.63) is 94.5 Å². The summed E-state index contributed by atoms with van der Waals surface area (Å²) in [4.78, 5) is 33.0. The number of hydrogen-bond donors (Lipinski definition) is 1. The Morgan fingerprint density at radius 3 is 2.71 bits per heavy atom. The summed E-state index contributed by atoms with van der Waals surface area (Å²) in [6.45, 7) is 0. The summed E-state index contributed by atoms with van der Waals surface area (Å²) < 4.78 is 33.2. The summed E-state index contributed by atoms with van der Waals surface area (Å²) in [5, 5.41) is 3.44. The minimum Gasteiger partial charge on any atom is -0.441 e. The first-order valence-corrected chi connectivity index (χ1v) is 11.3. The average molecular weight is 496 g/mol. The first-order valence-electron chi connectivity index (χ1n) is 10.9. The number of pyridine rings is 2. The molecular formula is C26H20ClF2N3O3. The number of ether oxygens (including phenoxy) is 1. The fraction of sp³-hybridized carbons (Fsp3) is 0.231. The molecule has 2 heterocycles. The molecule has 0 spiro atoms. The van der Waals surface area contributed by atoms with Gasteiger partial charge in [-0.1, -0.05) is 23.6 Å². The molecule has 1 aliphatic carbocycles. The molecule has 1 saturated carbocycles. The number of amides is 1. The maximum absolute atomic E-state index is 14.2. The van der Waals surface area contributed by atoms with Crippen LogP contribution in [0.5, 0.6) is 0 Å². The zero-order valence-electron chi connectivity index (χ0n) is 18.4. The molecule has 2 aromatic heterocycles. The molecule has 4 rings (SSSR count). The summed E-state index contributed by atoms with van der Waals surface area (Å²) in [5.41, 5.74) is -0.938. The first-order chi connectivity index (χ1) is 16.8. The van der Waals surface area contributed by atoms with Crippen molar-refractivity contribution in [3.8, 4) is 11.8 Å². The van der Waals surface area contributed by atoms with E-state index >= 15 is 0 Å². The molecule has 1 N–H and O–H groups in total. The fourth-order valence-electron chi connectivity index (χ4n) is 3.91. The number of nitrogens with zero attached hydrogens (tertiary/aromatic N) is 2. The third kappa shape index (κ3) is 6.19. The summed E-state index contributed by atoms with van der Waals surface area (Å²) in [6, 6.07) is 10.2. The number of carbonyl (C=O) groups excluding carboxylic acids is 2. The molecule has 6 nitrogen and oxygen atoms in total. The number of hydrogen-bond acceptors (Lipinski definition) is 5. The SMILES string of the molecule is O=C(N[C@@H]1CCC[C@@](C#Cc2cccc(Cl)c2)(OC(=O)c2ncc(F)cc2F)C1)c1ccncc1. The summed E-state index contributed by atoms with van der Waals surface area (Å²) in [6.07, 6.45) is 5.52. The van der Waals surface area contributed by atoms with Crippen molar-refractivity contribution in [3.63, 3.8) is 0 Å². The van der Waals surface area contributed by atoms with Gasteiger partial charge in [0, 0.05) is 47.1 Å². The van der Waals surface area contributed by atoms with Gasteiger partial charge < -0.3 is 10.1 Å². The van der Waals surface area contributed by atoms with Crippen LogP contribution >= 0.6 is 11.6 Å². The van der Waals surface area contributed by atoms with Gasteiger partial charge in [0.05, 0.1) is 6.20 Å². The van der Waals surface area contributed by atoms with Gasteiger partial charge in [0.15, 0.2) is 17.1 Å². The first kappa shape index (κ1) is 24.3. The van der Waals surface area contributed by atoms with Crippen LogP contribution in [0.15, 0.2) is 61.1 Å². The van der Waals surface area contributed by atoms with E-state index in [1.807, 2.05) is 0 Å². The van der Waals surface area contributed by atoms with E-state index in [0.29, 0.717) is 41.5 Å². The molecular weight excluding hydrogens is 476 g/mol. The van der Waals surface area contributed by atoms with Gasteiger partial charge in [0.25, 0.3) is 5.91 Å². The molecule has 1 fully saturated rings. The maximum Gasteiger partial charge on any atom is 0.361 e. The number of carbonyl (C=O) groups is 2. The van der Waals surface area contributed by atoms with E-state index in [2.05, 4.69) is 27.1 Å². The number of halogens is 3. The number of aromatic nitrogens is 2. The molecule has 3 aromatic rings. The minimum absolute atomic E-state index is 0.173. The summed E-state index contributed by atoms with van der Waals surface area (Å²) in [5.74, 6) is 2.58. The Kier molecular flexibility index (Phi) is 7.37. The second kappa shape index (κ2) is 10.6. The van der Waals surface area contributed by atoms with E-state index in [0.717, 1.165) is 6.20 Å². The lowest BCUT2D eigenvalue weighted by atomic mass is 9.81. The molecule has 0 unspecified atom stereocenters. The monoisotopic (exact) mass is 495 g/mol. The van der Waals surface area contributed by atoms with E-state index in [4.69, 9.17) is 16.3 Å². The highest BCUT2D eigenvalue weighted by atomic mass is 35.5. The summed E-state index contributed by atoms with van der Waals surface area (Å²) in [7, 11) is 0. The molecule has 35 heavy (non-hydrogen) atoms. The van der Waals surface area contributed by atoms with Crippen LogP contribution in [0.3, 0.4) is 0 Å². The van der Waals surface area contributed by atoms with Gasteiger partial charge in [-0.15, -0.1) is 0 Å². The molecule has 0 radical (unpaired) electrons. The van der Waals surface area contributed by atoms with Gasteiger partial charge in [0.2, 0.25) is 0 Å². The van der Waals surface area contributed by atoms with Crippen LogP contribution in [0.1, 0.15) is 52.1 Å². The van der Waals surface area contributed by atoms with Crippen molar-refractivity contribution in [1.29, 1.82) is 0 Å². The smallest absolute Gasteiger partial charge is 0.361 e. The Hall–Kier alpha value is -3.83. The number of nitrogens with one attached hydrogen (secondary N) is 1. The van der Waals surface area contributed by atoms with Gasteiger partial charge in [-0.25, -0.2) is 18.6 Å². The summed E-state index contributed by atoms with van der Waals surface area (Å²) >= 11 is 6.05. The molecule has 1 amide bonds. The quantitative estimate of drug-likeness (QED) is 0.418. The standard InChI is InChI=1S/C26H20ClF2N3O3/c27-19-4-1-3-17(13-19)6-10-26(35-25(34)23-22(29)14-20(28)16-31-23)9-2-5-21(15-26)32-24(33)18-7-11-30-12-8-18/h1,3-4,7-8,11-14,16,21H,2,5,9,15H2,(H,32,33)/t21-,26+/m1/s1. The van der Waals surface area contributed by atoms with Crippen LogP contribution in [0.4, 0.5) is 8.78 Å². The second-order valence-corrected chi connectivity index (χ2v) is 8.57. The van der Waals surface area contributed by atoms with Crippen LogP contribution < -0.4 is 5.32 Å². The predicted octanol–water partition coefficient (Wildman–Crippen LogP) is 4.73. The Labute approximate surface area is 205 Å². The van der Waals surface area contributed by atoms with Crippen molar-refractivity contribution in [2.75, 3.05) is 0 Å². The minimum atomic E-state index is -1.34. The van der Waals surface area contributed by atoms with Crippen molar-refractivity contribution in [2.24, 2.45) is 0 Å². The van der Waals surface area contributed by atoms with Gasteiger partial charge in [-0.2, -0.15) is 0 Å². The third-order valence-electron chi connectivity index (χ3n) is 5.54. The molecule has 0 saturated heterocycles. The zero-order valence-corrected chi connectivity index (χ0v) is 19.2. The number of benzene rings is 1.